The molecule has 2 N–H and O–H groups in total. The number of anilines is 1. The molecule has 5 nitrogen and oxygen atoms in total. The van der Waals surface area contributed by atoms with Gasteiger partial charge >= 0.3 is 0 Å². The number of rotatable bonds is 6. The summed E-state index contributed by atoms with van der Waals surface area (Å²) in [5.41, 5.74) is 2.84. The lowest BCUT2D eigenvalue weighted by Crippen LogP contribution is -2.33. The van der Waals surface area contributed by atoms with Crippen molar-refractivity contribution >= 4 is 28.3 Å². The van der Waals surface area contributed by atoms with Gasteiger partial charge in [-0.1, -0.05) is 72.0 Å². The van der Waals surface area contributed by atoms with Crippen LogP contribution in [0.3, 0.4) is 0 Å². The largest absolute Gasteiger partial charge is 0.347 e. The Bertz CT molecular complexity index is 892. The van der Waals surface area contributed by atoms with Gasteiger partial charge in [-0.2, -0.15) is 0 Å². The van der Waals surface area contributed by atoms with Gasteiger partial charge in [-0.25, -0.2) is 4.98 Å². The van der Waals surface area contributed by atoms with E-state index in [4.69, 9.17) is 0 Å². The zero-order valence-electron chi connectivity index (χ0n) is 14.4. The van der Waals surface area contributed by atoms with Crippen molar-refractivity contribution in [2.75, 3.05) is 11.9 Å². The normalized spacial score (nSPS) is 10.3. The number of carbonyl (C=O) groups excluding carboxylic acids is 2. The third-order valence-corrected chi connectivity index (χ3v) is 4.85. The number of amides is 2. The van der Waals surface area contributed by atoms with Crippen molar-refractivity contribution in [3.8, 4) is 10.4 Å². The third kappa shape index (κ3) is 4.77. The van der Waals surface area contributed by atoms with Gasteiger partial charge in [0.25, 0.3) is 0 Å². The number of nitrogens with zero attached hydrogens (tertiary/aromatic N) is 1. The van der Waals surface area contributed by atoms with Crippen LogP contribution in [0.15, 0.2) is 60.7 Å². The van der Waals surface area contributed by atoms with Gasteiger partial charge in [-0.15, -0.1) is 0 Å². The van der Waals surface area contributed by atoms with Crippen LogP contribution in [0.4, 0.5) is 5.13 Å². The number of benzene rings is 2. The van der Waals surface area contributed by atoms with E-state index in [1.807, 2.05) is 67.6 Å². The van der Waals surface area contributed by atoms with Gasteiger partial charge in [0, 0.05) is 0 Å². The van der Waals surface area contributed by atoms with Crippen LogP contribution in [-0.4, -0.2) is 23.3 Å². The summed E-state index contributed by atoms with van der Waals surface area (Å²) in [6.07, 6.45) is 0.253. The Morgan fingerprint density at radius 1 is 0.962 bits per heavy atom. The molecule has 1 heterocycles. The number of hydrogen-bond acceptors (Lipinski definition) is 4. The van der Waals surface area contributed by atoms with E-state index in [1.165, 1.54) is 11.3 Å². The first-order valence-corrected chi connectivity index (χ1v) is 9.07. The summed E-state index contributed by atoms with van der Waals surface area (Å²) in [5, 5.41) is 5.91. The molecule has 0 aliphatic rings. The Hall–Kier alpha value is -2.99. The average molecular weight is 365 g/mol. The predicted octanol–water partition coefficient (Wildman–Crippen LogP) is 3.42. The minimum Gasteiger partial charge on any atom is -0.347 e. The van der Waals surface area contributed by atoms with Crippen LogP contribution < -0.4 is 10.6 Å². The van der Waals surface area contributed by atoms with Gasteiger partial charge in [-0.05, 0) is 18.1 Å². The van der Waals surface area contributed by atoms with Gasteiger partial charge in [-0.3, -0.25) is 9.59 Å². The summed E-state index contributed by atoms with van der Waals surface area (Å²) in [4.78, 5) is 29.4. The topological polar surface area (TPSA) is 71.1 Å². The predicted molar refractivity (Wildman–Crippen MR) is 104 cm³/mol. The molecule has 0 saturated carbocycles. The van der Waals surface area contributed by atoms with E-state index in [1.54, 1.807) is 0 Å². The fraction of sp³-hybridized carbons (Fsp3) is 0.150. The van der Waals surface area contributed by atoms with E-state index >= 15 is 0 Å². The molecule has 0 fully saturated rings. The lowest BCUT2D eigenvalue weighted by molar-refractivity contribution is -0.123. The molecule has 3 aromatic rings. The second-order valence-corrected chi connectivity index (χ2v) is 6.79. The summed E-state index contributed by atoms with van der Waals surface area (Å²) in [6.45, 7) is 1.83. The zero-order valence-corrected chi connectivity index (χ0v) is 15.2. The van der Waals surface area contributed by atoms with Gasteiger partial charge < -0.3 is 10.6 Å². The summed E-state index contributed by atoms with van der Waals surface area (Å²) >= 11 is 1.42. The maximum Gasteiger partial charge on any atom is 0.245 e. The second-order valence-electron chi connectivity index (χ2n) is 5.79. The number of thiazole rings is 1. The number of aryl methyl sites for hydroxylation is 1. The molecule has 2 aromatic carbocycles. The summed E-state index contributed by atoms with van der Waals surface area (Å²) in [6, 6.07) is 19.3. The van der Waals surface area contributed by atoms with Crippen molar-refractivity contribution in [3.05, 3.63) is 71.9 Å². The summed E-state index contributed by atoms with van der Waals surface area (Å²) in [7, 11) is 0. The van der Waals surface area contributed by atoms with Crippen LogP contribution >= 0.6 is 11.3 Å². The molecule has 0 aliphatic carbocycles. The molecule has 0 aliphatic heterocycles. The van der Waals surface area contributed by atoms with Crippen LogP contribution in [0.1, 0.15) is 11.3 Å². The first-order valence-electron chi connectivity index (χ1n) is 8.25. The summed E-state index contributed by atoms with van der Waals surface area (Å²) in [5.74, 6) is -0.480. The highest BCUT2D eigenvalue weighted by Gasteiger charge is 2.12. The quantitative estimate of drug-likeness (QED) is 0.703. The van der Waals surface area contributed by atoms with Crippen LogP contribution in [-0.2, 0) is 16.0 Å². The molecule has 3 rings (SSSR count). The maximum atomic E-state index is 12.1. The smallest absolute Gasteiger partial charge is 0.245 e. The molecule has 26 heavy (non-hydrogen) atoms. The van der Waals surface area contributed by atoms with Gasteiger partial charge in [0.2, 0.25) is 11.8 Å². The number of hydrogen-bond donors (Lipinski definition) is 2. The molecule has 1 aromatic heterocycles. The van der Waals surface area contributed by atoms with E-state index in [9.17, 15) is 9.59 Å². The Kier molecular flexibility index (Phi) is 5.76. The van der Waals surface area contributed by atoms with Crippen LogP contribution in [0, 0.1) is 6.92 Å². The molecule has 0 bridgehead atoms. The van der Waals surface area contributed by atoms with Gasteiger partial charge in [0.05, 0.1) is 23.5 Å². The monoisotopic (exact) mass is 365 g/mol. The van der Waals surface area contributed by atoms with Crippen molar-refractivity contribution in [3.63, 3.8) is 0 Å². The first kappa shape index (κ1) is 17.8. The highest BCUT2D eigenvalue weighted by molar-refractivity contribution is 7.19. The van der Waals surface area contributed by atoms with E-state index in [0.29, 0.717) is 5.13 Å². The van der Waals surface area contributed by atoms with Crippen molar-refractivity contribution < 1.29 is 9.59 Å². The van der Waals surface area contributed by atoms with Crippen LogP contribution in [0.25, 0.3) is 10.4 Å². The van der Waals surface area contributed by atoms with Crippen molar-refractivity contribution in [1.82, 2.24) is 10.3 Å². The minimum atomic E-state index is -0.292. The molecule has 2 amide bonds. The SMILES string of the molecule is Cc1nc(NC(=O)CNC(=O)Cc2ccccc2)sc1-c1ccccc1. The van der Waals surface area contributed by atoms with Gasteiger partial charge in [0.1, 0.15) is 0 Å². The molecule has 6 heteroatoms. The first-order chi connectivity index (χ1) is 12.6. The fourth-order valence-corrected chi connectivity index (χ4v) is 3.48. The molecule has 0 atom stereocenters. The number of carbonyl (C=O) groups is 2. The highest BCUT2D eigenvalue weighted by Crippen LogP contribution is 2.32. The number of nitrogens with one attached hydrogen (secondary N) is 2. The Morgan fingerprint density at radius 3 is 2.31 bits per heavy atom. The molecule has 0 radical (unpaired) electrons. The zero-order chi connectivity index (χ0) is 18.4. The van der Waals surface area contributed by atoms with E-state index < -0.39 is 0 Å². The molecular weight excluding hydrogens is 346 g/mol. The second kappa shape index (κ2) is 8.40. The molecule has 0 unspecified atom stereocenters. The Labute approximate surface area is 156 Å². The molecule has 132 valence electrons. The van der Waals surface area contributed by atoms with Crippen molar-refractivity contribution in [2.45, 2.75) is 13.3 Å². The average Bonchev–Trinajstić information content (AvgIpc) is 3.02. The third-order valence-electron chi connectivity index (χ3n) is 3.73. The van der Waals surface area contributed by atoms with Crippen molar-refractivity contribution in [2.24, 2.45) is 0 Å². The van der Waals surface area contributed by atoms with E-state index in [-0.39, 0.29) is 24.8 Å². The lowest BCUT2D eigenvalue weighted by atomic mass is 10.1. The minimum absolute atomic E-state index is 0.0784. The highest BCUT2D eigenvalue weighted by atomic mass is 32.1. The van der Waals surface area contributed by atoms with Crippen LogP contribution in [0.5, 0.6) is 0 Å². The standard InChI is InChI=1S/C20H19N3O2S/c1-14-19(16-10-6-3-7-11-16)26-20(22-14)23-18(25)13-21-17(24)12-15-8-4-2-5-9-15/h2-11H,12-13H2,1H3,(H,21,24)(H,22,23,25). The Morgan fingerprint density at radius 2 is 1.62 bits per heavy atom. The Balaban J connectivity index is 1.53. The number of aromatic nitrogens is 1. The van der Waals surface area contributed by atoms with Gasteiger partial charge in [0.15, 0.2) is 5.13 Å². The maximum absolute atomic E-state index is 12.1. The van der Waals surface area contributed by atoms with E-state index in [2.05, 4.69) is 15.6 Å². The lowest BCUT2D eigenvalue weighted by Gasteiger charge is -2.05. The van der Waals surface area contributed by atoms with E-state index in [0.717, 1.165) is 21.7 Å². The van der Waals surface area contributed by atoms with Crippen LogP contribution in [0.2, 0.25) is 0 Å². The molecular formula is C20H19N3O2S. The molecule has 0 saturated heterocycles. The van der Waals surface area contributed by atoms with Crippen molar-refractivity contribution in [1.29, 1.82) is 0 Å². The molecule has 0 spiro atoms. The summed E-state index contributed by atoms with van der Waals surface area (Å²) < 4.78 is 0. The fourth-order valence-electron chi connectivity index (χ4n) is 2.49.